The molecule has 2 aromatic rings. The van der Waals surface area contributed by atoms with Crippen molar-refractivity contribution in [1.29, 1.82) is 0 Å². The highest BCUT2D eigenvalue weighted by Crippen LogP contribution is 2.11. The number of aromatic nitrogens is 2. The molecule has 0 saturated heterocycles. The smallest absolute Gasteiger partial charge is 0.335 e. The van der Waals surface area contributed by atoms with Gasteiger partial charge in [0.15, 0.2) is 0 Å². The fourth-order valence-electron chi connectivity index (χ4n) is 1.89. The predicted octanol–water partition coefficient (Wildman–Crippen LogP) is 0.0345. The third-order valence-corrected chi connectivity index (χ3v) is 3.06. The van der Waals surface area contributed by atoms with Crippen molar-refractivity contribution in [2.45, 2.75) is 0 Å². The average molecular weight is 303 g/mol. The summed E-state index contributed by atoms with van der Waals surface area (Å²) in [7, 11) is 2.69. The third-order valence-electron chi connectivity index (χ3n) is 3.06. The highest BCUT2D eigenvalue weighted by Gasteiger charge is 2.15. The zero-order valence-corrected chi connectivity index (χ0v) is 11.9. The maximum absolute atomic E-state index is 12.1. The van der Waals surface area contributed by atoms with Crippen LogP contribution in [-0.2, 0) is 14.1 Å². The molecule has 114 valence electrons. The molecule has 0 aliphatic carbocycles. The second kappa shape index (κ2) is 5.68. The van der Waals surface area contributed by atoms with Crippen molar-refractivity contribution in [3.8, 4) is 0 Å². The van der Waals surface area contributed by atoms with Gasteiger partial charge in [0.05, 0.1) is 5.56 Å². The number of aryl methyl sites for hydroxylation is 1. The summed E-state index contributed by atoms with van der Waals surface area (Å²) >= 11 is 0. The number of nitrogens with zero attached hydrogens (tertiary/aromatic N) is 2. The molecule has 0 aliphatic heterocycles. The Hall–Kier alpha value is -3.16. The fourth-order valence-corrected chi connectivity index (χ4v) is 1.89. The lowest BCUT2D eigenvalue weighted by Crippen LogP contribution is -2.40. The van der Waals surface area contributed by atoms with Crippen LogP contribution in [0.3, 0.4) is 0 Å². The van der Waals surface area contributed by atoms with Gasteiger partial charge < -0.3 is 15.0 Å². The molecule has 2 N–H and O–H groups in total. The maximum atomic E-state index is 12.1. The molecule has 8 nitrogen and oxygen atoms in total. The monoisotopic (exact) mass is 303 g/mol. The van der Waals surface area contributed by atoms with Gasteiger partial charge in [-0.15, -0.1) is 0 Å². The first-order valence-electron chi connectivity index (χ1n) is 6.22. The second-order valence-electron chi connectivity index (χ2n) is 4.64. The quantitative estimate of drug-likeness (QED) is 0.831. The lowest BCUT2D eigenvalue weighted by molar-refractivity contribution is 0.0696. The molecule has 2 rings (SSSR count). The van der Waals surface area contributed by atoms with Gasteiger partial charge in [0, 0.05) is 26.0 Å². The molecule has 0 saturated carbocycles. The van der Waals surface area contributed by atoms with E-state index < -0.39 is 23.1 Å². The van der Waals surface area contributed by atoms with E-state index >= 15 is 0 Å². The third kappa shape index (κ3) is 2.80. The Kier molecular flexibility index (Phi) is 3.93. The largest absolute Gasteiger partial charge is 0.478 e. The van der Waals surface area contributed by atoms with Crippen molar-refractivity contribution >= 4 is 17.6 Å². The first kappa shape index (κ1) is 15.2. The summed E-state index contributed by atoms with van der Waals surface area (Å²) in [4.78, 5) is 46.5. The second-order valence-corrected chi connectivity index (χ2v) is 4.64. The predicted molar refractivity (Wildman–Crippen MR) is 78.3 cm³/mol. The standard InChI is InChI=1S/C14H13N3O5/c1-16-7-10(12(19)17(2)14(16)22)11(18)15-9-5-3-4-8(6-9)13(20)21/h3-7H,1-2H3,(H,15,18)(H,20,21). The van der Waals surface area contributed by atoms with Crippen LogP contribution in [0.1, 0.15) is 20.7 Å². The van der Waals surface area contributed by atoms with Crippen molar-refractivity contribution in [1.82, 2.24) is 9.13 Å². The molecule has 0 spiro atoms. The van der Waals surface area contributed by atoms with Gasteiger partial charge in [-0.1, -0.05) is 6.07 Å². The van der Waals surface area contributed by atoms with E-state index in [0.29, 0.717) is 0 Å². The molecule has 0 atom stereocenters. The van der Waals surface area contributed by atoms with Crippen LogP contribution in [0, 0.1) is 0 Å². The molecule has 0 radical (unpaired) electrons. The van der Waals surface area contributed by atoms with Gasteiger partial charge in [0.1, 0.15) is 5.56 Å². The van der Waals surface area contributed by atoms with Crippen LogP contribution >= 0.6 is 0 Å². The van der Waals surface area contributed by atoms with E-state index in [1.165, 1.54) is 38.4 Å². The van der Waals surface area contributed by atoms with Gasteiger partial charge in [-0.25, -0.2) is 9.59 Å². The molecular formula is C14H13N3O5. The number of carbonyl (C=O) groups excluding carboxylic acids is 1. The van der Waals surface area contributed by atoms with Crippen molar-refractivity contribution in [3.05, 3.63) is 62.4 Å². The van der Waals surface area contributed by atoms with Crippen LogP contribution in [0.15, 0.2) is 40.1 Å². The number of anilines is 1. The van der Waals surface area contributed by atoms with Gasteiger partial charge in [0.25, 0.3) is 11.5 Å². The topological polar surface area (TPSA) is 110 Å². The van der Waals surface area contributed by atoms with Crippen LogP contribution < -0.4 is 16.6 Å². The summed E-state index contributed by atoms with van der Waals surface area (Å²) in [6.07, 6.45) is 1.14. The fraction of sp³-hybridized carbons (Fsp3) is 0.143. The van der Waals surface area contributed by atoms with Crippen molar-refractivity contribution < 1.29 is 14.7 Å². The highest BCUT2D eigenvalue weighted by atomic mass is 16.4. The Labute approximate surface area is 124 Å². The Morgan fingerprint density at radius 3 is 2.50 bits per heavy atom. The molecule has 0 unspecified atom stereocenters. The number of aromatic carboxylic acids is 1. The number of nitrogens with one attached hydrogen (secondary N) is 1. The lowest BCUT2D eigenvalue weighted by Gasteiger charge is -2.08. The van der Waals surface area contributed by atoms with Crippen LogP contribution in [-0.4, -0.2) is 26.1 Å². The summed E-state index contributed by atoms with van der Waals surface area (Å²) in [5.74, 6) is -1.85. The van der Waals surface area contributed by atoms with E-state index in [4.69, 9.17) is 5.11 Å². The van der Waals surface area contributed by atoms with Gasteiger partial charge in [0.2, 0.25) is 0 Å². The molecule has 1 heterocycles. The lowest BCUT2D eigenvalue weighted by atomic mass is 10.2. The number of hydrogen-bond acceptors (Lipinski definition) is 4. The summed E-state index contributed by atoms with van der Waals surface area (Å²) < 4.78 is 1.94. The maximum Gasteiger partial charge on any atom is 0.335 e. The van der Waals surface area contributed by atoms with Gasteiger partial charge in [-0.2, -0.15) is 0 Å². The van der Waals surface area contributed by atoms with Crippen LogP contribution in [0.25, 0.3) is 0 Å². The molecule has 0 aliphatic rings. The van der Waals surface area contributed by atoms with E-state index in [2.05, 4.69) is 5.32 Å². The highest BCUT2D eigenvalue weighted by molar-refractivity contribution is 6.04. The molecule has 1 aromatic carbocycles. The van der Waals surface area contributed by atoms with Gasteiger partial charge >= 0.3 is 11.7 Å². The zero-order valence-electron chi connectivity index (χ0n) is 11.9. The molecule has 0 fully saturated rings. The molecule has 0 bridgehead atoms. The first-order chi connectivity index (χ1) is 10.3. The normalized spacial score (nSPS) is 10.3. The Morgan fingerprint density at radius 2 is 1.86 bits per heavy atom. The van der Waals surface area contributed by atoms with E-state index in [9.17, 15) is 19.2 Å². The summed E-state index contributed by atoms with van der Waals surface area (Å²) in [5.41, 5.74) is -1.25. The zero-order chi connectivity index (χ0) is 16.4. The van der Waals surface area contributed by atoms with E-state index in [0.717, 1.165) is 15.3 Å². The average Bonchev–Trinajstić information content (AvgIpc) is 2.49. The van der Waals surface area contributed by atoms with Gasteiger partial charge in [-0.05, 0) is 18.2 Å². The molecule has 22 heavy (non-hydrogen) atoms. The van der Waals surface area contributed by atoms with Crippen LogP contribution in [0.4, 0.5) is 5.69 Å². The number of carboxylic acid groups (broad SMARTS) is 1. The van der Waals surface area contributed by atoms with Crippen molar-refractivity contribution in [2.24, 2.45) is 14.1 Å². The molecule has 1 aromatic heterocycles. The van der Waals surface area contributed by atoms with Crippen LogP contribution in [0.5, 0.6) is 0 Å². The number of carbonyl (C=O) groups is 2. The number of benzene rings is 1. The Balaban J connectivity index is 2.38. The Morgan fingerprint density at radius 1 is 1.18 bits per heavy atom. The number of rotatable bonds is 3. The first-order valence-corrected chi connectivity index (χ1v) is 6.22. The Bertz CT molecular complexity index is 879. The summed E-state index contributed by atoms with van der Waals surface area (Å²) in [6.45, 7) is 0. The minimum Gasteiger partial charge on any atom is -0.478 e. The van der Waals surface area contributed by atoms with E-state index in [-0.39, 0.29) is 16.8 Å². The molecule has 1 amide bonds. The van der Waals surface area contributed by atoms with Crippen molar-refractivity contribution in [3.63, 3.8) is 0 Å². The van der Waals surface area contributed by atoms with Crippen LogP contribution in [0.2, 0.25) is 0 Å². The van der Waals surface area contributed by atoms with Crippen molar-refractivity contribution in [2.75, 3.05) is 5.32 Å². The molecule has 8 heteroatoms. The number of hydrogen-bond donors (Lipinski definition) is 2. The molecular weight excluding hydrogens is 290 g/mol. The minimum atomic E-state index is -1.13. The summed E-state index contributed by atoms with van der Waals surface area (Å²) in [6, 6.07) is 5.62. The summed E-state index contributed by atoms with van der Waals surface area (Å²) in [5, 5.41) is 11.3. The minimum absolute atomic E-state index is 0.00571. The van der Waals surface area contributed by atoms with E-state index in [1.54, 1.807) is 0 Å². The van der Waals surface area contributed by atoms with E-state index in [1.807, 2.05) is 0 Å². The number of amides is 1. The SMILES string of the molecule is Cn1cc(C(=O)Nc2cccc(C(=O)O)c2)c(=O)n(C)c1=O. The van der Waals surface area contributed by atoms with Gasteiger partial charge in [-0.3, -0.25) is 14.2 Å². The number of carboxylic acids is 1.